The van der Waals surface area contributed by atoms with Gasteiger partial charge in [0.1, 0.15) is 0 Å². The van der Waals surface area contributed by atoms with Crippen LogP contribution in [0.15, 0.2) is 18.2 Å². The molecule has 0 heterocycles. The Labute approximate surface area is 134 Å². The molecular weight excluding hydrogens is 302 g/mol. The SMILES string of the molecule is CC(=O)N(CCNC(=O)C1CCCCC1)c1ccc(F)c(F)c1. The van der Waals surface area contributed by atoms with Gasteiger partial charge in [0, 0.05) is 37.7 Å². The van der Waals surface area contributed by atoms with Gasteiger partial charge in [-0.25, -0.2) is 8.78 Å². The monoisotopic (exact) mass is 324 g/mol. The lowest BCUT2D eigenvalue weighted by atomic mass is 9.89. The molecule has 2 amide bonds. The van der Waals surface area contributed by atoms with Crippen molar-refractivity contribution in [3.63, 3.8) is 0 Å². The first-order valence-electron chi connectivity index (χ1n) is 8.00. The molecule has 1 aliphatic carbocycles. The highest BCUT2D eigenvalue weighted by Gasteiger charge is 2.21. The van der Waals surface area contributed by atoms with Crippen molar-refractivity contribution in [1.82, 2.24) is 5.32 Å². The van der Waals surface area contributed by atoms with Gasteiger partial charge in [-0.15, -0.1) is 0 Å². The molecule has 1 saturated carbocycles. The number of rotatable bonds is 5. The van der Waals surface area contributed by atoms with Crippen LogP contribution in [0.2, 0.25) is 0 Å². The molecule has 0 atom stereocenters. The van der Waals surface area contributed by atoms with Crippen molar-refractivity contribution in [2.24, 2.45) is 5.92 Å². The number of nitrogens with one attached hydrogen (secondary N) is 1. The molecule has 0 aromatic heterocycles. The summed E-state index contributed by atoms with van der Waals surface area (Å²) in [6.45, 7) is 1.86. The lowest BCUT2D eigenvalue weighted by molar-refractivity contribution is -0.126. The molecular formula is C17H22F2N2O2. The van der Waals surface area contributed by atoms with Crippen LogP contribution in [-0.4, -0.2) is 24.9 Å². The number of hydrogen-bond donors (Lipinski definition) is 1. The molecule has 0 bridgehead atoms. The first-order chi connectivity index (χ1) is 11.0. The van der Waals surface area contributed by atoms with Crippen molar-refractivity contribution < 1.29 is 18.4 Å². The predicted octanol–water partition coefficient (Wildman–Crippen LogP) is 3.01. The van der Waals surface area contributed by atoms with Crippen LogP contribution in [0.5, 0.6) is 0 Å². The third-order valence-electron chi connectivity index (χ3n) is 4.21. The summed E-state index contributed by atoms with van der Waals surface area (Å²) in [6, 6.07) is 3.32. The molecule has 0 aliphatic heterocycles. The molecule has 0 spiro atoms. The van der Waals surface area contributed by atoms with Crippen LogP contribution in [-0.2, 0) is 9.59 Å². The third-order valence-corrected chi connectivity index (χ3v) is 4.21. The number of hydrogen-bond acceptors (Lipinski definition) is 2. The molecule has 1 aliphatic rings. The quantitative estimate of drug-likeness (QED) is 0.905. The van der Waals surface area contributed by atoms with Crippen LogP contribution in [0.25, 0.3) is 0 Å². The largest absolute Gasteiger partial charge is 0.354 e. The standard InChI is InChI=1S/C17H22F2N2O2/c1-12(22)21(14-7-8-15(18)16(19)11-14)10-9-20-17(23)13-5-3-2-4-6-13/h7-8,11,13H,2-6,9-10H2,1H3,(H,20,23). The lowest BCUT2D eigenvalue weighted by Gasteiger charge is -2.24. The van der Waals surface area contributed by atoms with Crippen molar-refractivity contribution >= 4 is 17.5 Å². The first-order valence-corrected chi connectivity index (χ1v) is 8.00. The number of carbonyl (C=O) groups is 2. The van der Waals surface area contributed by atoms with Crippen LogP contribution in [0, 0.1) is 17.6 Å². The van der Waals surface area contributed by atoms with Gasteiger partial charge in [-0.05, 0) is 25.0 Å². The summed E-state index contributed by atoms with van der Waals surface area (Å²) in [7, 11) is 0. The fourth-order valence-corrected chi connectivity index (χ4v) is 2.92. The normalized spacial score (nSPS) is 15.3. The van der Waals surface area contributed by atoms with E-state index in [2.05, 4.69) is 5.32 Å². The van der Waals surface area contributed by atoms with E-state index in [4.69, 9.17) is 0 Å². The second kappa shape index (κ2) is 8.04. The van der Waals surface area contributed by atoms with Gasteiger partial charge in [-0.3, -0.25) is 9.59 Å². The Morgan fingerprint density at radius 3 is 2.48 bits per heavy atom. The predicted molar refractivity (Wildman–Crippen MR) is 84.0 cm³/mol. The van der Waals surface area contributed by atoms with Crippen molar-refractivity contribution in [1.29, 1.82) is 0 Å². The highest BCUT2D eigenvalue weighted by Crippen LogP contribution is 2.23. The van der Waals surface area contributed by atoms with Gasteiger partial charge in [-0.1, -0.05) is 19.3 Å². The zero-order valence-corrected chi connectivity index (χ0v) is 13.3. The maximum absolute atomic E-state index is 13.3. The molecule has 23 heavy (non-hydrogen) atoms. The average molecular weight is 324 g/mol. The molecule has 0 radical (unpaired) electrons. The van der Waals surface area contributed by atoms with E-state index in [1.807, 2.05) is 0 Å². The van der Waals surface area contributed by atoms with E-state index >= 15 is 0 Å². The van der Waals surface area contributed by atoms with E-state index < -0.39 is 11.6 Å². The molecule has 1 aromatic rings. The van der Waals surface area contributed by atoms with E-state index in [1.165, 1.54) is 24.3 Å². The highest BCUT2D eigenvalue weighted by molar-refractivity contribution is 5.91. The zero-order chi connectivity index (χ0) is 16.8. The van der Waals surface area contributed by atoms with E-state index in [0.29, 0.717) is 0 Å². The molecule has 1 aromatic carbocycles. The number of halogens is 2. The fourth-order valence-electron chi connectivity index (χ4n) is 2.92. The Morgan fingerprint density at radius 1 is 1.17 bits per heavy atom. The number of nitrogens with zero attached hydrogens (tertiary/aromatic N) is 1. The maximum Gasteiger partial charge on any atom is 0.223 e. The number of benzene rings is 1. The summed E-state index contributed by atoms with van der Waals surface area (Å²) in [5.74, 6) is -2.18. The third kappa shape index (κ3) is 4.74. The van der Waals surface area contributed by atoms with Gasteiger partial charge in [0.15, 0.2) is 11.6 Å². The molecule has 4 nitrogen and oxygen atoms in total. The molecule has 1 N–H and O–H groups in total. The molecule has 0 unspecified atom stereocenters. The Morgan fingerprint density at radius 2 is 1.87 bits per heavy atom. The van der Waals surface area contributed by atoms with Gasteiger partial charge < -0.3 is 10.2 Å². The molecule has 6 heteroatoms. The Kier molecular flexibility index (Phi) is 6.07. The first kappa shape index (κ1) is 17.4. The van der Waals surface area contributed by atoms with Gasteiger partial charge in [0.2, 0.25) is 11.8 Å². The number of anilines is 1. The zero-order valence-electron chi connectivity index (χ0n) is 13.3. The molecule has 2 rings (SSSR count). The summed E-state index contributed by atoms with van der Waals surface area (Å²) in [5, 5.41) is 2.83. The average Bonchev–Trinajstić information content (AvgIpc) is 2.54. The Balaban J connectivity index is 1.91. The van der Waals surface area contributed by atoms with Crippen molar-refractivity contribution in [2.75, 3.05) is 18.0 Å². The minimum Gasteiger partial charge on any atom is -0.354 e. The van der Waals surface area contributed by atoms with Crippen molar-refractivity contribution in [2.45, 2.75) is 39.0 Å². The van der Waals surface area contributed by atoms with Crippen LogP contribution < -0.4 is 10.2 Å². The maximum atomic E-state index is 13.3. The lowest BCUT2D eigenvalue weighted by Crippen LogP contribution is -2.40. The Bertz CT molecular complexity index is 572. The van der Waals surface area contributed by atoms with Crippen molar-refractivity contribution in [3.05, 3.63) is 29.8 Å². The van der Waals surface area contributed by atoms with Gasteiger partial charge in [-0.2, -0.15) is 0 Å². The summed E-state index contributed by atoms with van der Waals surface area (Å²) in [5.41, 5.74) is 0.281. The molecule has 1 fully saturated rings. The van der Waals surface area contributed by atoms with E-state index in [9.17, 15) is 18.4 Å². The van der Waals surface area contributed by atoms with E-state index in [-0.39, 0.29) is 36.5 Å². The summed E-state index contributed by atoms with van der Waals surface area (Å²) < 4.78 is 26.3. The highest BCUT2D eigenvalue weighted by atomic mass is 19.2. The minimum absolute atomic E-state index is 0.0125. The van der Waals surface area contributed by atoms with Crippen LogP contribution in [0.1, 0.15) is 39.0 Å². The van der Waals surface area contributed by atoms with Crippen LogP contribution in [0.3, 0.4) is 0 Å². The summed E-state index contributed by atoms with van der Waals surface area (Å²) in [4.78, 5) is 25.1. The second-order valence-corrected chi connectivity index (χ2v) is 5.90. The summed E-state index contributed by atoms with van der Waals surface area (Å²) >= 11 is 0. The number of carbonyl (C=O) groups excluding carboxylic acids is 2. The van der Waals surface area contributed by atoms with E-state index in [0.717, 1.165) is 37.8 Å². The summed E-state index contributed by atoms with van der Waals surface area (Å²) in [6.07, 6.45) is 5.15. The van der Waals surface area contributed by atoms with Crippen molar-refractivity contribution in [3.8, 4) is 0 Å². The van der Waals surface area contributed by atoms with Crippen LogP contribution >= 0.6 is 0 Å². The Hall–Kier alpha value is -1.98. The van der Waals surface area contributed by atoms with Gasteiger partial charge in [0.25, 0.3) is 0 Å². The molecule has 126 valence electrons. The molecule has 0 saturated heterocycles. The second-order valence-electron chi connectivity index (χ2n) is 5.90. The topological polar surface area (TPSA) is 49.4 Å². The number of amides is 2. The fraction of sp³-hybridized carbons (Fsp3) is 0.529. The smallest absolute Gasteiger partial charge is 0.223 e. The van der Waals surface area contributed by atoms with Gasteiger partial charge in [0.05, 0.1) is 0 Å². The van der Waals surface area contributed by atoms with Crippen LogP contribution in [0.4, 0.5) is 14.5 Å². The van der Waals surface area contributed by atoms with E-state index in [1.54, 1.807) is 0 Å². The minimum atomic E-state index is -1.00. The van der Waals surface area contributed by atoms with Gasteiger partial charge >= 0.3 is 0 Å².